The minimum Gasteiger partial charge on any atom is -0.481 e. The summed E-state index contributed by atoms with van der Waals surface area (Å²) < 4.78 is 2.26. The van der Waals surface area contributed by atoms with Gasteiger partial charge >= 0.3 is 5.97 Å². The Hall–Kier alpha value is -1.84. The number of aliphatic carboxylic acids is 1. The van der Waals surface area contributed by atoms with Crippen LogP contribution < -0.4 is 0 Å². The molecule has 2 rings (SSSR count). The molecular weight excluding hydrogens is 252 g/mol. The molecule has 0 spiro atoms. The first-order valence-electron chi connectivity index (χ1n) is 7.21. The summed E-state index contributed by atoms with van der Waals surface area (Å²) in [5, 5.41) is 8.86. The van der Waals surface area contributed by atoms with E-state index in [0.29, 0.717) is 5.92 Å². The van der Waals surface area contributed by atoms with Crippen LogP contribution in [0.4, 0.5) is 0 Å². The van der Waals surface area contributed by atoms with Crippen molar-refractivity contribution in [3.63, 3.8) is 0 Å². The average molecular weight is 274 g/mol. The molecule has 1 N–H and O–H groups in total. The van der Waals surface area contributed by atoms with Gasteiger partial charge in [0.25, 0.3) is 0 Å². The Morgan fingerprint density at radius 2 is 2.15 bits per heavy atom. The van der Waals surface area contributed by atoms with Gasteiger partial charge in [0.1, 0.15) is 5.82 Å². The predicted molar refractivity (Wildman–Crippen MR) is 79.9 cm³/mol. The number of imidazole rings is 1. The highest BCUT2D eigenvalue weighted by atomic mass is 16.4. The molecule has 20 heavy (non-hydrogen) atoms. The zero-order valence-corrected chi connectivity index (χ0v) is 12.4. The molecule has 0 aliphatic heterocycles. The van der Waals surface area contributed by atoms with Crippen LogP contribution in [0.25, 0.3) is 11.0 Å². The van der Waals surface area contributed by atoms with E-state index in [1.807, 2.05) is 18.2 Å². The quantitative estimate of drug-likeness (QED) is 0.879. The molecule has 1 aromatic heterocycles. The smallest absolute Gasteiger partial charge is 0.307 e. The Bertz CT molecular complexity index is 614. The second kappa shape index (κ2) is 6.07. The van der Waals surface area contributed by atoms with Gasteiger partial charge in [-0.15, -0.1) is 0 Å². The van der Waals surface area contributed by atoms with Crippen LogP contribution >= 0.6 is 0 Å². The van der Waals surface area contributed by atoms with Gasteiger partial charge < -0.3 is 9.67 Å². The average Bonchev–Trinajstić information content (AvgIpc) is 2.72. The molecule has 4 nitrogen and oxygen atoms in total. The number of fused-ring (bicyclic) bond motifs is 1. The normalized spacial score (nSPS) is 11.4. The van der Waals surface area contributed by atoms with Gasteiger partial charge in [0.2, 0.25) is 0 Å². The Labute approximate surface area is 119 Å². The first-order valence-corrected chi connectivity index (χ1v) is 7.21. The van der Waals surface area contributed by atoms with E-state index in [1.165, 1.54) is 0 Å². The largest absolute Gasteiger partial charge is 0.481 e. The lowest BCUT2D eigenvalue weighted by molar-refractivity contribution is -0.136. The Morgan fingerprint density at radius 3 is 2.75 bits per heavy atom. The van der Waals surface area contributed by atoms with Gasteiger partial charge in [0.05, 0.1) is 17.5 Å². The molecule has 108 valence electrons. The third kappa shape index (κ3) is 3.18. The fourth-order valence-corrected chi connectivity index (χ4v) is 2.42. The van der Waals surface area contributed by atoms with Gasteiger partial charge in [-0.05, 0) is 30.0 Å². The van der Waals surface area contributed by atoms with Crippen LogP contribution in [0.2, 0.25) is 0 Å². The first kappa shape index (κ1) is 14.6. The van der Waals surface area contributed by atoms with Crippen molar-refractivity contribution in [2.45, 2.75) is 46.6 Å². The second-order valence-electron chi connectivity index (χ2n) is 5.61. The molecule has 2 aromatic rings. The maximum Gasteiger partial charge on any atom is 0.307 e. The predicted octanol–water partition coefficient (Wildman–Crippen LogP) is 3.27. The lowest BCUT2D eigenvalue weighted by atomic mass is 10.1. The van der Waals surface area contributed by atoms with Gasteiger partial charge in [-0.2, -0.15) is 0 Å². The van der Waals surface area contributed by atoms with Gasteiger partial charge in [-0.25, -0.2) is 4.98 Å². The van der Waals surface area contributed by atoms with E-state index in [-0.39, 0.29) is 6.42 Å². The molecule has 4 heteroatoms. The molecule has 0 aliphatic rings. The van der Waals surface area contributed by atoms with Crippen molar-refractivity contribution in [1.29, 1.82) is 0 Å². The number of rotatable bonds is 6. The van der Waals surface area contributed by atoms with Crippen LogP contribution in [0.3, 0.4) is 0 Å². The molecule has 0 amide bonds. The molecule has 0 fully saturated rings. The number of aryl methyl sites for hydroxylation is 2. The van der Waals surface area contributed by atoms with E-state index < -0.39 is 5.97 Å². The maximum absolute atomic E-state index is 10.8. The molecule has 0 bridgehead atoms. The van der Waals surface area contributed by atoms with Crippen molar-refractivity contribution >= 4 is 17.0 Å². The molecule has 0 atom stereocenters. The number of carbonyl (C=O) groups is 1. The van der Waals surface area contributed by atoms with Crippen LogP contribution in [-0.4, -0.2) is 20.6 Å². The number of hydrogen-bond acceptors (Lipinski definition) is 2. The third-order valence-electron chi connectivity index (χ3n) is 3.49. The fourth-order valence-electron chi connectivity index (χ4n) is 2.42. The standard InChI is InChI=1S/C16H22N2O2/c1-4-15-17-13-9-12(10-16(19)20)5-6-14(13)18(15)8-7-11(2)3/h5-6,9,11H,4,7-8,10H2,1-3H3,(H,19,20). The van der Waals surface area contributed by atoms with E-state index in [2.05, 4.69) is 30.3 Å². The molecule has 0 saturated carbocycles. The lowest BCUT2D eigenvalue weighted by Gasteiger charge is -2.10. The monoisotopic (exact) mass is 274 g/mol. The summed E-state index contributed by atoms with van der Waals surface area (Å²) >= 11 is 0. The van der Waals surface area contributed by atoms with Gasteiger partial charge in [0.15, 0.2) is 0 Å². The summed E-state index contributed by atoms with van der Waals surface area (Å²) in [6, 6.07) is 5.79. The Balaban J connectivity index is 2.38. The highest BCUT2D eigenvalue weighted by molar-refractivity contribution is 5.79. The van der Waals surface area contributed by atoms with Gasteiger partial charge in [-0.1, -0.05) is 26.8 Å². The SMILES string of the molecule is CCc1nc2cc(CC(=O)O)ccc2n1CCC(C)C. The summed E-state index contributed by atoms with van der Waals surface area (Å²) in [6.07, 6.45) is 2.06. The summed E-state index contributed by atoms with van der Waals surface area (Å²) in [5.74, 6) is 0.927. The first-order chi connectivity index (χ1) is 9.51. The van der Waals surface area contributed by atoms with Gasteiger partial charge in [0, 0.05) is 13.0 Å². The molecule has 0 radical (unpaired) electrons. The lowest BCUT2D eigenvalue weighted by Crippen LogP contribution is -2.05. The van der Waals surface area contributed by atoms with Crippen LogP contribution in [0.15, 0.2) is 18.2 Å². The summed E-state index contributed by atoms with van der Waals surface area (Å²) in [6.45, 7) is 7.51. The van der Waals surface area contributed by atoms with E-state index >= 15 is 0 Å². The Kier molecular flexibility index (Phi) is 4.42. The van der Waals surface area contributed by atoms with Crippen LogP contribution in [-0.2, 0) is 24.2 Å². The molecule has 1 aromatic carbocycles. The highest BCUT2D eigenvalue weighted by Crippen LogP contribution is 2.20. The highest BCUT2D eigenvalue weighted by Gasteiger charge is 2.11. The minimum absolute atomic E-state index is 0.0518. The second-order valence-corrected chi connectivity index (χ2v) is 5.61. The number of nitrogens with zero attached hydrogens (tertiary/aromatic N) is 2. The van der Waals surface area contributed by atoms with Crippen molar-refractivity contribution in [2.24, 2.45) is 5.92 Å². The van der Waals surface area contributed by atoms with E-state index in [9.17, 15) is 4.79 Å². The van der Waals surface area contributed by atoms with Crippen molar-refractivity contribution in [1.82, 2.24) is 9.55 Å². The number of carboxylic acid groups (broad SMARTS) is 1. The van der Waals surface area contributed by atoms with E-state index in [1.54, 1.807) is 0 Å². The Morgan fingerprint density at radius 1 is 1.40 bits per heavy atom. The molecule has 0 aliphatic carbocycles. The molecule has 0 saturated heterocycles. The number of hydrogen-bond donors (Lipinski definition) is 1. The van der Waals surface area contributed by atoms with Crippen LogP contribution in [0, 0.1) is 5.92 Å². The molecular formula is C16H22N2O2. The maximum atomic E-state index is 10.8. The number of benzene rings is 1. The summed E-state index contributed by atoms with van der Waals surface area (Å²) in [5.41, 5.74) is 2.82. The van der Waals surface area contributed by atoms with Crippen LogP contribution in [0.1, 0.15) is 38.6 Å². The number of aromatic nitrogens is 2. The molecule has 0 unspecified atom stereocenters. The van der Waals surface area contributed by atoms with Gasteiger partial charge in [-0.3, -0.25) is 4.79 Å². The van der Waals surface area contributed by atoms with Crippen molar-refractivity contribution < 1.29 is 9.90 Å². The molecule has 1 heterocycles. The van der Waals surface area contributed by atoms with E-state index in [0.717, 1.165) is 41.8 Å². The number of carboxylic acids is 1. The third-order valence-corrected chi connectivity index (χ3v) is 3.49. The van der Waals surface area contributed by atoms with E-state index in [4.69, 9.17) is 5.11 Å². The fraction of sp³-hybridized carbons (Fsp3) is 0.500. The zero-order chi connectivity index (χ0) is 14.7. The summed E-state index contributed by atoms with van der Waals surface area (Å²) in [7, 11) is 0. The van der Waals surface area contributed by atoms with Crippen LogP contribution in [0.5, 0.6) is 0 Å². The topological polar surface area (TPSA) is 55.1 Å². The zero-order valence-electron chi connectivity index (χ0n) is 12.4. The minimum atomic E-state index is -0.806. The van der Waals surface area contributed by atoms with Crippen molar-refractivity contribution in [3.8, 4) is 0 Å². The van der Waals surface area contributed by atoms with Crippen molar-refractivity contribution in [2.75, 3.05) is 0 Å². The summed E-state index contributed by atoms with van der Waals surface area (Å²) in [4.78, 5) is 15.4. The van der Waals surface area contributed by atoms with Crippen molar-refractivity contribution in [3.05, 3.63) is 29.6 Å².